The van der Waals surface area contributed by atoms with Gasteiger partial charge in [-0.1, -0.05) is 0 Å². The smallest absolute Gasteiger partial charge is 0.271 e. The van der Waals surface area contributed by atoms with Crippen LogP contribution in [0.4, 0.5) is 0 Å². The number of hydrogen-bond acceptors (Lipinski definition) is 5. The van der Waals surface area contributed by atoms with E-state index in [-0.39, 0.29) is 5.91 Å². The lowest BCUT2D eigenvalue weighted by atomic mass is 9.95. The predicted molar refractivity (Wildman–Crippen MR) is 99.3 cm³/mol. The molecule has 0 spiro atoms. The summed E-state index contributed by atoms with van der Waals surface area (Å²) in [5, 5.41) is 15.9. The van der Waals surface area contributed by atoms with Gasteiger partial charge >= 0.3 is 0 Å². The molecule has 144 valence electrons. The second-order valence-corrected chi connectivity index (χ2v) is 8.10. The molecule has 1 saturated carbocycles. The molecule has 8 heteroatoms. The van der Waals surface area contributed by atoms with E-state index in [9.17, 15) is 4.79 Å². The van der Waals surface area contributed by atoms with E-state index in [1.54, 1.807) is 12.3 Å². The third-order valence-electron chi connectivity index (χ3n) is 6.15. The minimum absolute atomic E-state index is 0.0457. The number of carbonyl (C=O) groups excluding carboxylic acids is 1. The molecule has 0 atom stereocenters. The molecule has 1 amide bonds. The van der Waals surface area contributed by atoms with Crippen LogP contribution in [0.5, 0.6) is 0 Å². The van der Waals surface area contributed by atoms with Gasteiger partial charge < -0.3 is 9.47 Å². The lowest BCUT2D eigenvalue weighted by Crippen LogP contribution is -2.38. The molecule has 27 heavy (non-hydrogen) atoms. The van der Waals surface area contributed by atoms with Crippen LogP contribution in [0.3, 0.4) is 0 Å². The zero-order chi connectivity index (χ0) is 18.2. The third kappa shape index (κ3) is 3.38. The van der Waals surface area contributed by atoms with Gasteiger partial charge in [0.25, 0.3) is 5.91 Å². The first kappa shape index (κ1) is 16.9. The number of piperidine rings is 1. The number of H-pyrrole nitrogens is 1. The number of aromatic nitrogens is 5. The van der Waals surface area contributed by atoms with E-state index in [1.165, 1.54) is 38.8 Å². The van der Waals surface area contributed by atoms with Gasteiger partial charge in [-0.25, -0.2) is 0 Å². The first-order valence-electron chi connectivity index (χ1n) is 10.2. The van der Waals surface area contributed by atoms with Gasteiger partial charge in [0.15, 0.2) is 0 Å². The SMILES string of the molecule is O=C(c1ccn[nH]1)N1CCC(c2nnc(CN3CCCC3)n2C2CC2)CC1. The Bertz CT molecular complexity index is 781. The zero-order valence-corrected chi connectivity index (χ0v) is 15.7. The van der Waals surface area contributed by atoms with Crippen LogP contribution in [0.15, 0.2) is 12.3 Å². The van der Waals surface area contributed by atoms with Crippen molar-refractivity contribution in [1.29, 1.82) is 0 Å². The highest BCUT2D eigenvalue weighted by Crippen LogP contribution is 2.40. The Hall–Kier alpha value is -2.22. The van der Waals surface area contributed by atoms with Crippen LogP contribution in [0.1, 0.15) is 72.6 Å². The molecule has 1 N–H and O–H groups in total. The highest BCUT2D eigenvalue weighted by molar-refractivity contribution is 5.92. The van der Waals surface area contributed by atoms with Crippen molar-refractivity contribution in [2.45, 2.75) is 57.0 Å². The summed E-state index contributed by atoms with van der Waals surface area (Å²) in [5.41, 5.74) is 0.572. The second-order valence-electron chi connectivity index (χ2n) is 8.10. The van der Waals surface area contributed by atoms with Crippen LogP contribution in [-0.4, -0.2) is 66.8 Å². The molecule has 5 rings (SSSR count). The summed E-state index contributed by atoms with van der Waals surface area (Å²) < 4.78 is 2.44. The van der Waals surface area contributed by atoms with Gasteiger partial charge in [0.2, 0.25) is 0 Å². The van der Waals surface area contributed by atoms with Gasteiger partial charge in [-0.05, 0) is 57.7 Å². The Morgan fingerprint density at radius 1 is 1.07 bits per heavy atom. The van der Waals surface area contributed by atoms with Crippen LogP contribution in [0.2, 0.25) is 0 Å². The molecule has 3 aliphatic rings. The van der Waals surface area contributed by atoms with Crippen molar-refractivity contribution in [2.75, 3.05) is 26.2 Å². The molecule has 2 aliphatic heterocycles. The maximum Gasteiger partial charge on any atom is 0.271 e. The first-order valence-corrected chi connectivity index (χ1v) is 10.2. The predicted octanol–water partition coefficient (Wildman–Crippen LogP) is 1.95. The maximum atomic E-state index is 12.5. The van der Waals surface area contributed by atoms with Crippen LogP contribution in [0, 0.1) is 0 Å². The van der Waals surface area contributed by atoms with Gasteiger partial charge in [0.05, 0.1) is 6.54 Å². The van der Waals surface area contributed by atoms with Crippen LogP contribution in [0.25, 0.3) is 0 Å². The Morgan fingerprint density at radius 2 is 1.85 bits per heavy atom. The van der Waals surface area contributed by atoms with Gasteiger partial charge in [0.1, 0.15) is 17.3 Å². The van der Waals surface area contributed by atoms with Crippen molar-refractivity contribution in [2.24, 2.45) is 0 Å². The summed E-state index contributed by atoms with van der Waals surface area (Å²) in [6.07, 6.45) is 8.62. The minimum Gasteiger partial charge on any atom is -0.337 e. The molecule has 2 aromatic rings. The molecule has 4 heterocycles. The van der Waals surface area contributed by atoms with Gasteiger partial charge in [0, 0.05) is 31.2 Å². The molecule has 0 aromatic carbocycles. The number of amides is 1. The standard InChI is InChI=1S/C19H27N7O/c27-19(16-5-8-20-21-16)25-11-6-14(7-12-25)18-23-22-17(26(18)15-3-4-15)13-24-9-1-2-10-24/h5,8,14-15H,1-4,6-7,9-13H2,(H,20,21). The minimum atomic E-state index is 0.0457. The lowest BCUT2D eigenvalue weighted by molar-refractivity contribution is 0.0704. The van der Waals surface area contributed by atoms with E-state index >= 15 is 0 Å². The normalized spacial score (nSPS) is 21.9. The quantitative estimate of drug-likeness (QED) is 0.871. The van der Waals surface area contributed by atoms with Crippen molar-refractivity contribution in [3.8, 4) is 0 Å². The summed E-state index contributed by atoms with van der Waals surface area (Å²) >= 11 is 0. The molecule has 8 nitrogen and oxygen atoms in total. The highest BCUT2D eigenvalue weighted by Gasteiger charge is 2.34. The molecule has 2 aromatic heterocycles. The molecular formula is C19H27N7O. The van der Waals surface area contributed by atoms with Crippen LogP contribution in [-0.2, 0) is 6.54 Å². The number of nitrogens with zero attached hydrogens (tertiary/aromatic N) is 6. The summed E-state index contributed by atoms with van der Waals surface area (Å²) in [4.78, 5) is 16.9. The fraction of sp³-hybridized carbons (Fsp3) is 0.684. The van der Waals surface area contributed by atoms with Crippen LogP contribution >= 0.6 is 0 Å². The van der Waals surface area contributed by atoms with E-state index in [4.69, 9.17) is 0 Å². The summed E-state index contributed by atoms with van der Waals surface area (Å²) in [6.45, 7) is 4.82. The van der Waals surface area contributed by atoms with Crippen molar-refractivity contribution in [3.05, 3.63) is 29.6 Å². The molecule has 0 bridgehead atoms. The van der Waals surface area contributed by atoms with E-state index in [0.717, 1.165) is 44.1 Å². The molecule has 3 fully saturated rings. The van der Waals surface area contributed by atoms with Crippen molar-refractivity contribution >= 4 is 5.91 Å². The monoisotopic (exact) mass is 369 g/mol. The topological polar surface area (TPSA) is 82.9 Å². The van der Waals surface area contributed by atoms with E-state index in [2.05, 4.69) is 29.9 Å². The third-order valence-corrected chi connectivity index (χ3v) is 6.15. The fourth-order valence-electron chi connectivity index (χ4n) is 4.48. The average Bonchev–Trinajstić information content (AvgIpc) is 3.12. The van der Waals surface area contributed by atoms with E-state index in [1.807, 2.05) is 4.90 Å². The fourth-order valence-corrected chi connectivity index (χ4v) is 4.48. The number of likely N-dealkylation sites (tertiary alicyclic amines) is 2. The summed E-state index contributed by atoms with van der Waals surface area (Å²) in [5.74, 6) is 2.74. The Kier molecular flexibility index (Phi) is 4.43. The molecule has 1 aliphatic carbocycles. The van der Waals surface area contributed by atoms with Gasteiger partial charge in [-0.3, -0.25) is 14.8 Å². The Balaban J connectivity index is 1.28. The largest absolute Gasteiger partial charge is 0.337 e. The first-order chi connectivity index (χ1) is 13.3. The van der Waals surface area contributed by atoms with Crippen molar-refractivity contribution < 1.29 is 4.79 Å². The van der Waals surface area contributed by atoms with Gasteiger partial charge in [-0.15, -0.1) is 10.2 Å². The lowest BCUT2D eigenvalue weighted by Gasteiger charge is -2.31. The van der Waals surface area contributed by atoms with Crippen molar-refractivity contribution in [1.82, 2.24) is 34.8 Å². The summed E-state index contributed by atoms with van der Waals surface area (Å²) in [7, 11) is 0. The highest BCUT2D eigenvalue weighted by atomic mass is 16.2. The number of nitrogens with one attached hydrogen (secondary N) is 1. The number of aromatic amines is 1. The number of rotatable bonds is 5. The maximum absolute atomic E-state index is 12.5. The average molecular weight is 369 g/mol. The van der Waals surface area contributed by atoms with Crippen LogP contribution < -0.4 is 0 Å². The molecule has 0 unspecified atom stereocenters. The number of carbonyl (C=O) groups is 1. The second kappa shape index (κ2) is 7.07. The van der Waals surface area contributed by atoms with Crippen molar-refractivity contribution in [3.63, 3.8) is 0 Å². The molecule has 0 radical (unpaired) electrons. The molecular weight excluding hydrogens is 342 g/mol. The Morgan fingerprint density at radius 3 is 2.52 bits per heavy atom. The summed E-state index contributed by atoms with van der Waals surface area (Å²) in [6, 6.07) is 2.33. The van der Waals surface area contributed by atoms with Gasteiger partial charge in [-0.2, -0.15) is 5.10 Å². The molecule has 2 saturated heterocycles. The number of hydrogen-bond donors (Lipinski definition) is 1. The zero-order valence-electron chi connectivity index (χ0n) is 15.7. The Labute approximate surface area is 158 Å². The van der Waals surface area contributed by atoms with E-state index < -0.39 is 0 Å². The van der Waals surface area contributed by atoms with E-state index in [0.29, 0.717) is 17.7 Å².